The van der Waals surface area contributed by atoms with Crippen LogP contribution in [0.25, 0.3) is 21.8 Å². The average molecular weight is 470 g/mol. The fourth-order valence-corrected chi connectivity index (χ4v) is 6.17. The summed E-state index contributed by atoms with van der Waals surface area (Å²) in [6.45, 7) is 0.661. The van der Waals surface area contributed by atoms with Crippen LogP contribution in [0.3, 0.4) is 0 Å². The number of hydrogen-bond acceptors (Lipinski definition) is 4. The van der Waals surface area contributed by atoms with Crippen molar-refractivity contribution in [1.29, 1.82) is 5.26 Å². The van der Waals surface area contributed by atoms with Gasteiger partial charge in [0.2, 0.25) is 0 Å². The lowest BCUT2D eigenvalue weighted by molar-refractivity contribution is 0.0765. The quantitative estimate of drug-likeness (QED) is 0.386. The van der Waals surface area contributed by atoms with Crippen molar-refractivity contribution in [3.05, 3.63) is 65.0 Å². The van der Waals surface area contributed by atoms with Crippen molar-refractivity contribution in [1.82, 2.24) is 9.88 Å². The summed E-state index contributed by atoms with van der Waals surface area (Å²) in [5.41, 5.74) is 5.23. The summed E-state index contributed by atoms with van der Waals surface area (Å²) >= 11 is 1.63. The molecule has 174 valence electrons. The second kappa shape index (κ2) is 10.5. The van der Waals surface area contributed by atoms with Gasteiger partial charge in [-0.2, -0.15) is 5.26 Å². The Morgan fingerprint density at radius 3 is 2.65 bits per heavy atom. The normalized spacial score (nSPS) is 18.7. The van der Waals surface area contributed by atoms with Gasteiger partial charge >= 0.3 is 0 Å². The molecular formula is C29H31N3OS. The van der Waals surface area contributed by atoms with E-state index in [9.17, 15) is 10.1 Å². The summed E-state index contributed by atoms with van der Waals surface area (Å²) < 4.78 is 0. The fraction of sp³-hybridized carbons (Fsp3) is 0.414. The second-order valence-corrected chi connectivity index (χ2v) is 10.5. The van der Waals surface area contributed by atoms with Crippen LogP contribution < -0.4 is 0 Å². The third-order valence-corrected chi connectivity index (χ3v) is 8.23. The van der Waals surface area contributed by atoms with E-state index in [-0.39, 0.29) is 11.9 Å². The molecule has 0 radical (unpaired) electrons. The molecule has 5 heteroatoms. The van der Waals surface area contributed by atoms with Crippen molar-refractivity contribution < 1.29 is 4.79 Å². The number of carbonyl (C=O) groups excluding carboxylic acids is 1. The maximum Gasteiger partial charge on any atom is 0.254 e. The van der Waals surface area contributed by atoms with Crippen molar-refractivity contribution in [2.45, 2.75) is 63.8 Å². The van der Waals surface area contributed by atoms with Crippen LogP contribution in [0.1, 0.15) is 67.3 Å². The molecule has 1 saturated carbocycles. The lowest BCUT2D eigenvalue weighted by Gasteiger charge is -2.21. The van der Waals surface area contributed by atoms with Gasteiger partial charge in [0.1, 0.15) is 11.0 Å². The molecule has 0 bridgehead atoms. The molecule has 4 nitrogen and oxygen atoms in total. The highest BCUT2D eigenvalue weighted by atomic mass is 32.1. The number of aryl methyl sites for hydroxylation is 1. The molecule has 0 unspecified atom stereocenters. The van der Waals surface area contributed by atoms with E-state index in [0.717, 1.165) is 41.4 Å². The topological polar surface area (TPSA) is 57.0 Å². The van der Waals surface area contributed by atoms with E-state index >= 15 is 0 Å². The summed E-state index contributed by atoms with van der Waals surface area (Å²) in [6.07, 6.45) is 11.1. The molecule has 3 aromatic rings. The first-order valence-electron chi connectivity index (χ1n) is 12.6. The highest BCUT2D eigenvalue weighted by Gasteiger charge is 2.29. The Labute approximate surface area is 206 Å². The summed E-state index contributed by atoms with van der Waals surface area (Å²) in [6, 6.07) is 18.4. The number of amides is 1. The Kier molecular flexibility index (Phi) is 7.06. The Morgan fingerprint density at radius 1 is 1.03 bits per heavy atom. The van der Waals surface area contributed by atoms with E-state index in [2.05, 4.69) is 35.7 Å². The molecule has 2 fully saturated rings. The molecule has 0 N–H and O–H groups in total. The van der Waals surface area contributed by atoms with E-state index in [1.54, 1.807) is 16.2 Å². The zero-order valence-electron chi connectivity index (χ0n) is 19.6. The second-order valence-electron chi connectivity index (χ2n) is 9.64. The van der Waals surface area contributed by atoms with Crippen LogP contribution in [0.15, 0.2) is 53.9 Å². The fourth-order valence-electron chi connectivity index (χ4n) is 5.34. The maximum absolute atomic E-state index is 12.8. The number of carbonyl (C=O) groups is 1. The van der Waals surface area contributed by atoms with Crippen molar-refractivity contribution in [2.24, 2.45) is 5.92 Å². The van der Waals surface area contributed by atoms with E-state index in [4.69, 9.17) is 4.98 Å². The predicted octanol–water partition coefficient (Wildman–Crippen LogP) is 7.12. The molecule has 1 saturated heterocycles. The molecule has 1 aromatic heterocycles. The van der Waals surface area contributed by atoms with E-state index < -0.39 is 0 Å². The van der Waals surface area contributed by atoms with Crippen LogP contribution >= 0.6 is 11.3 Å². The monoisotopic (exact) mass is 469 g/mol. The summed E-state index contributed by atoms with van der Waals surface area (Å²) in [7, 11) is 0. The SMILES string of the molecule is N#C[C@@H]1CCCN1C(=O)c1ccc(-c2nc(-c3cccc(CCC4CCCCC4)c3)cs2)cc1. The van der Waals surface area contributed by atoms with Gasteiger partial charge in [0.05, 0.1) is 11.8 Å². The summed E-state index contributed by atoms with van der Waals surface area (Å²) in [5.74, 6) is 0.842. The van der Waals surface area contributed by atoms with Gasteiger partial charge in [-0.3, -0.25) is 4.79 Å². The van der Waals surface area contributed by atoms with Crippen molar-refractivity contribution in [3.63, 3.8) is 0 Å². The molecule has 1 aliphatic carbocycles. The number of aromatic nitrogens is 1. The lowest BCUT2D eigenvalue weighted by atomic mass is 9.85. The zero-order chi connectivity index (χ0) is 23.3. The van der Waals surface area contributed by atoms with Crippen LogP contribution in [0.2, 0.25) is 0 Å². The Bertz CT molecular complexity index is 1170. The smallest absolute Gasteiger partial charge is 0.254 e. The van der Waals surface area contributed by atoms with E-state index in [1.165, 1.54) is 49.7 Å². The van der Waals surface area contributed by atoms with E-state index in [1.807, 2.05) is 24.3 Å². The van der Waals surface area contributed by atoms with Crippen molar-refractivity contribution in [3.8, 4) is 27.9 Å². The number of likely N-dealkylation sites (tertiary alicyclic amines) is 1. The predicted molar refractivity (Wildman–Crippen MR) is 138 cm³/mol. The number of hydrogen-bond donors (Lipinski definition) is 0. The molecule has 1 amide bonds. The highest BCUT2D eigenvalue weighted by molar-refractivity contribution is 7.13. The number of rotatable bonds is 6. The minimum atomic E-state index is -0.299. The van der Waals surface area contributed by atoms with Gasteiger partial charge in [-0.25, -0.2) is 4.98 Å². The molecule has 2 aromatic carbocycles. The number of benzene rings is 2. The summed E-state index contributed by atoms with van der Waals surface area (Å²) in [5, 5.41) is 12.4. The van der Waals surface area contributed by atoms with Gasteiger partial charge in [-0.05, 0) is 55.4 Å². The number of thiazole rings is 1. The third kappa shape index (κ3) is 5.08. The molecule has 2 heterocycles. The third-order valence-electron chi connectivity index (χ3n) is 7.33. The van der Waals surface area contributed by atoms with Crippen LogP contribution in [-0.2, 0) is 6.42 Å². The largest absolute Gasteiger partial charge is 0.323 e. The number of nitrogens with zero attached hydrogens (tertiary/aromatic N) is 3. The van der Waals surface area contributed by atoms with Gasteiger partial charge in [0.25, 0.3) is 5.91 Å². The molecule has 5 rings (SSSR count). The lowest BCUT2D eigenvalue weighted by Crippen LogP contribution is -2.34. The average Bonchev–Trinajstić information content (AvgIpc) is 3.58. The summed E-state index contributed by atoms with van der Waals surface area (Å²) in [4.78, 5) is 19.4. The number of nitriles is 1. The molecule has 0 spiro atoms. The Hall–Kier alpha value is -2.97. The zero-order valence-corrected chi connectivity index (χ0v) is 20.4. The van der Waals surface area contributed by atoms with Gasteiger partial charge in [-0.15, -0.1) is 11.3 Å². The van der Waals surface area contributed by atoms with Crippen LogP contribution in [0.5, 0.6) is 0 Å². The highest BCUT2D eigenvalue weighted by Crippen LogP contribution is 2.31. The minimum absolute atomic E-state index is 0.0551. The van der Waals surface area contributed by atoms with Crippen LogP contribution in [-0.4, -0.2) is 28.4 Å². The Balaban J connectivity index is 1.26. The van der Waals surface area contributed by atoms with Gasteiger partial charge in [0, 0.05) is 28.6 Å². The Morgan fingerprint density at radius 2 is 1.85 bits per heavy atom. The standard InChI is InChI=1S/C29H31N3OS/c30-19-26-10-5-17-32(26)29(33)24-15-13-23(14-16-24)28-31-27(20-34-28)25-9-4-8-22(18-25)12-11-21-6-2-1-3-7-21/h4,8-9,13-16,18,20-21,26H,1-3,5-7,10-12,17H2/t26-/m0/s1. The first-order chi connectivity index (χ1) is 16.7. The minimum Gasteiger partial charge on any atom is -0.323 e. The van der Waals surface area contributed by atoms with Gasteiger partial charge in [0.15, 0.2) is 0 Å². The van der Waals surface area contributed by atoms with Crippen LogP contribution in [0.4, 0.5) is 0 Å². The first kappa shape index (κ1) is 22.8. The van der Waals surface area contributed by atoms with Crippen molar-refractivity contribution >= 4 is 17.2 Å². The molecule has 1 atom stereocenters. The maximum atomic E-state index is 12.8. The molecule has 2 aliphatic rings. The van der Waals surface area contributed by atoms with Gasteiger partial charge < -0.3 is 4.90 Å². The molecule has 1 aliphatic heterocycles. The van der Waals surface area contributed by atoms with E-state index in [0.29, 0.717) is 12.1 Å². The molecule has 34 heavy (non-hydrogen) atoms. The van der Waals surface area contributed by atoms with Crippen LogP contribution in [0, 0.1) is 17.2 Å². The first-order valence-corrected chi connectivity index (χ1v) is 13.4. The van der Waals surface area contributed by atoms with Crippen molar-refractivity contribution in [2.75, 3.05) is 6.54 Å². The van der Waals surface area contributed by atoms with Gasteiger partial charge in [-0.1, -0.05) is 62.4 Å². The molecular weight excluding hydrogens is 438 g/mol.